The third kappa shape index (κ3) is 2.88. The van der Waals surface area contributed by atoms with Crippen molar-refractivity contribution >= 4 is 17.4 Å². The first-order valence-corrected chi connectivity index (χ1v) is 5.33. The lowest BCUT2D eigenvalue weighted by atomic mass is 10.5. The highest BCUT2D eigenvalue weighted by atomic mass is 16.5. The molecule has 96 valence electrons. The maximum Gasteiger partial charge on any atom is 0.239 e. The van der Waals surface area contributed by atoms with Crippen LogP contribution in [0.25, 0.3) is 5.65 Å². The maximum atomic E-state index is 11.5. The van der Waals surface area contributed by atoms with Crippen LogP contribution in [0, 0.1) is 0 Å². The van der Waals surface area contributed by atoms with Crippen LogP contribution in [-0.2, 0) is 9.53 Å². The molecule has 0 aliphatic rings. The molecule has 0 aromatic carbocycles. The van der Waals surface area contributed by atoms with Crippen LogP contribution in [0.2, 0.25) is 0 Å². The highest BCUT2D eigenvalue weighted by Crippen LogP contribution is 2.04. The second kappa shape index (κ2) is 5.87. The van der Waals surface area contributed by atoms with E-state index in [9.17, 15) is 4.79 Å². The molecule has 9 nitrogen and oxygen atoms in total. The van der Waals surface area contributed by atoms with Gasteiger partial charge in [-0.1, -0.05) is 0 Å². The number of fused-ring (bicyclic) bond motifs is 1. The van der Waals surface area contributed by atoms with E-state index in [1.807, 2.05) is 0 Å². The van der Waals surface area contributed by atoms with Gasteiger partial charge in [0.05, 0.1) is 25.5 Å². The Bertz CT molecular complexity index is 526. The molecule has 0 saturated carbocycles. The zero-order chi connectivity index (χ0) is 12.8. The average Bonchev–Trinajstić information content (AvgIpc) is 2.85. The van der Waals surface area contributed by atoms with Crippen molar-refractivity contribution in [1.29, 1.82) is 0 Å². The molecule has 0 spiro atoms. The lowest BCUT2D eigenvalue weighted by molar-refractivity contribution is -0.119. The number of carbonyl (C=O) groups is 1. The molecule has 0 atom stereocenters. The maximum absolute atomic E-state index is 11.5. The first-order valence-electron chi connectivity index (χ1n) is 5.33. The molecule has 18 heavy (non-hydrogen) atoms. The van der Waals surface area contributed by atoms with Gasteiger partial charge in [0.1, 0.15) is 0 Å². The van der Waals surface area contributed by atoms with E-state index in [0.29, 0.717) is 24.6 Å². The fraction of sp³-hybridized carbons (Fsp3) is 0.444. The number of rotatable bonds is 6. The van der Waals surface area contributed by atoms with Crippen LogP contribution in [0.3, 0.4) is 0 Å². The van der Waals surface area contributed by atoms with Crippen LogP contribution >= 0.6 is 0 Å². The van der Waals surface area contributed by atoms with Crippen LogP contribution in [0.4, 0.5) is 5.82 Å². The van der Waals surface area contributed by atoms with Crippen molar-refractivity contribution in [2.24, 2.45) is 0 Å². The summed E-state index contributed by atoms with van der Waals surface area (Å²) in [5.74, 6) is 0.413. The summed E-state index contributed by atoms with van der Waals surface area (Å²) in [5.41, 5.74) is 0.514. The minimum Gasteiger partial charge on any atom is -0.383 e. The van der Waals surface area contributed by atoms with Gasteiger partial charge < -0.3 is 15.4 Å². The smallest absolute Gasteiger partial charge is 0.239 e. The monoisotopic (exact) mass is 251 g/mol. The van der Waals surface area contributed by atoms with Gasteiger partial charge in [0.25, 0.3) is 0 Å². The molecule has 1 amide bonds. The predicted octanol–water partition coefficient (Wildman–Crippen LogP) is -1.31. The zero-order valence-corrected chi connectivity index (χ0v) is 9.83. The highest BCUT2D eigenvalue weighted by Gasteiger charge is 2.05. The van der Waals surface area contributed by atoms with Gasteiger partial charge in [0.15, 0.2) is 11.5 Å². The molecule has 9 heteroatoms. The molecule has 2 N–H and O–H groups in total. The Hall–Kier alpha value is -2.29. The summed E-state index contributed by atoms with van der Waals surface area (Å²) in [6.45, 7) is 1.07. The first kappa shape index (κ1) is 12.2. The molecule has 0 unspecified atom stereocenters. The van der Waals surface area contributed by atoms with E-state index in [-0.39, 0.29) is 12.5 Å². The van der Waals surface area contributed by atoms with E-state index in [2.05, 4.69) is 31.1 Å². The van der Waals surface area contributed by atoms with Crippen molar-refractivity contribution in [2.45, 2.75) is 0 Å². The largest absolute Gasteiger partial charge is 0.383 e. The fourth-order valence-corrected chi connectivity index (χ4v) is 1.32. The van der Waals surface area contributed by atoms with Gasteiger partial charge in [0.2, 0.25) is 5.91 Å². The number of carbonyl (C=O) groups excluding carboxylic acids is 1. The van der Waals surface area contributed by atoms with E-state index in [1.54, 1.807) is 13.3 Å². The van der Waals surface area contributed by atoms with Crippen LogP contribution < -0.4 is 10.6 Å². The van der Waals surface area contributed by atoms with Crippen LogP contribution in [0.15, 0.2) is 12.4 Å². The number of nitrogens with one attached hydrogen (secondary N) is 2. The van der Waals surface area contributed by atoms with Crippen molar-refractivity contribution in [1.82, 2.24) is 30.3 Å². The average molecular weight is 251 g/mol. The molecule has 2 heterocycles. The van der Waals surface area contributed by atoms with E-state index in [4.69, 9.17) is 4.74 Å². The van der Waals surface area contributed by atoms with Gasteiger partial charge in [0, 0.05) is 13.7 Å². The fourth-order valence-electron chi connectivity index (χ4n) is 1.32. The summed E-state index contributed by atoms with van der Waals surface area (Å²) in [4.78, 5) is 15.4. The minimum absolute atomic E-state index is 0.115. The Morgan fingerprint density at radius 2 is 2.39 bits per heavy atom. The molecule has 0 radical (unpaired) electrons. The summed E-state index contributed by atoms with van der Waals surface area (Å²) >= 11 is 0. The summed E-state index contributed by atoms with van der Waals surface area (Å²) in [6, 6.07) is 0. The molecular formula is C9H13N7O2. The Morgan fingerprint density at radius 1 is 1.50 bits per heavy atom. The number of aromatic nitrogens is 5. The molecule has 0 aliphatic heterocycles. The number of hydrogen-bond acceptors (Lipinski definition) is 7. The van der Waals surface area contributed by atoms with Crippen molar-refractivity contribution in [3.63, 3.8) is 0 Å². The van der Waals surface area contributed by atoms with Gasteiger partial charge in [-0.25, -0.2) is 0 Å². The number of amides is 1. The van der Waals surface area contributed by atoms with Crippen molar-refractivity contribution < 1.29 is 9.53 Å². The highest BCUT2D eigenvalue weighted by molar-refractivity contribution is 5.80. The quantitative estimate of drug-likeness (QED) is 0.614. The van der Waals surface area contributed by atoms with Gasteiger partial charge in [-0.15, -0.1) is 5.10 Å². The van der Waals surface area contributed by atoms with E-state index in [0.717, 1.165) is 0 Å². The van der Waals surface area contributed by atoms with E-state index < -0.39 is 0 Å². The van der Waals surface area contributed by atoms with E-state index >= 15 is 0 Å². The first-order chi connectivity index (χ1) is 8.81. The van der Waals surface area contributed by atoms with Crippen LogP contribution in [0.1, 0.15) is 0 Å². The normalized spacial score (nSPS) is 10.5. The number of hydrogen-bond donors (Lipinski definition) is 2. The molecule has 2 aromatic heterocycles. The summed E-state index contributed by atoms with van der Waals surface area (Å²) in [7, 11) is 1.58. The molecule has 2 aromatic rings. The van der Waals surface area contributed by atoms with Gasteiger partial charge in [-0.3, -0.25) is 9.78 Å². The van der Waals surface area contributed by atoms with Crippen molar-refractivity contribution in [3.05, 3.63) is 12.4 Å². The molecular weight excluding hydrogens is 238 g/mol. The number of tetrazole rings is 1. The van der Waals surface area contributed by atoms with Crippen LogP contribution in [0.5, 0.6) is 0 Å². The Labute approximate surface area is 103 Å². The van der Waals surface area contributed by atoms with Crippen molar-refractivity contribution in [2.75, 3.05) is 32.1 Å². The van der Waals surface area contributed by atoms with Gasteiger partial charge in [-0.05, 0) is 10.4 Å². The Kier molecular flexibility index (Phi) is 3.97. The van der Waals surface area contributed by atoms with Crippen molar-refractivity contribution in [3.8, 4) is 0 Å². The Morgan fingerprint density at radius 3 is 3.22 bits per heavy atom. The number of nitrogens with zero attached hydrogens (tertiary/aromatic N) is 5. The SMILES string of the molecule is COCCNC(=O)CNc1cncc2nnnn12. The predicted molar refractivity (Wildman–Crippen MR) is 62.0 cm³/mol. The second-order valence-corrected chi connectivity index (χ2v) is 3.44. The topological polar surface area (TPSA) is 106 Å². The third-order valence-electron chi connectivity index (χ3n) is 2.17. The molecule has 0 aliphatic carbocycles. The number of ether oxygens (including phenoxy) is 1. The lowest BCUT2D eigenvalue weighted by Gasteiger charge is -2.07. The number of methoxy groups -OCH3 is 1. The minimum atomic E-state index is -0.142. The summed E-state index contributed by atoms with van der Waals surface area (Å²) in [5, 5.41) is 16.6. The summed E-state index contributed by atoms with van der Waals surface area (Å²) < 4.78 is 6.29. The molecule has 0 saturated heterocycles. The standard InChI is InChI=1S/C9H13N7O2/c1-18-3-2-11-9(17)6-12-7-4-10-5-8-13-14-15-16(7)8/h4-5,12H,2-3,6H2,1H3,(H,11,17). The summed E-state index contributed by atoms with van der Waals surface area (Å²) in [6.07, 6.45) is 3.08. The Balaban J connectivity index is 1.90. The number of anilines is 1. The second-order valence-electron chi connectivity index (χ2n) is 3.44. The van der Waals surface area contributed by atoms with Gasteiger partial charge >= 0.3 is 0 Å². The van der Waals surface area contributed by atoms with Gasteiger partial charge in [-0.2, -0.15) is 4.52 Å². The third-order valence-corrected chi connectivity index (χ3v) is 2.17. The molecule has 0 bridgehead atoms. The zero-order valence-electron chi connectivity index (χ0n) is 9.83. The molecule has 0 fully saturated rings. The van der Waals surface area contributed by atoms with E-state index in [1.165, 1.54) is 10.7 Å². The lowest BCUT2D eigenvalue weighted by Crippen LogP contribution is -2.32. The van der Waals surface area contributed by atoms with Crippen LogP contribution in [-0.4, -0.2) is 57.7 Å². The molecule has 2 rings (SSSR count).